The molecule has 14 N–H and O–H groups in total. The molecule has 0 saturated carbocycles. The molecule has 0 radical (unpaired) electrons. The van der Waals surface area contributed by atoms with E-state index in [1.165, 1.54) is 12.1 Å². The van der Waals surface area contributed by atoms with Crippen LogP contribution in [0.5, 0.6) is 5.75 Å². The Morgan fingerprint density at radius 2 is 1.19 bits per heavy atom. The molecule has 0 aromatic heterocycles. The first-order valence-electron chi connectivity index (χ1n) is 18.7. The van der Waals surface area contributed by atoms with Crippen LogP contribution < -0.4 is 49.5 Å². The predicted octanol–water partition coefficient (Wildman–Crippen LogP) is -0.157. The maximum Gasteiger partial charge on any atom is 0.243 e. The zero-order chi connectivity index (χ0) is 41.5. The van der Waals surface area contributed by atoms with Crippen LogP contribution in [0.1, 0.15) is 50.7 Å². The van der Waals surface area contributed by atoms with E-state index < -0.39 is 60.1 Å². The van der Waals surface area contributed by atoms with Gasteiger partial charge in [-0.2, -0.15) is 0 Å². The van der Waals surface area contributed by atoms with E-state index in [0.717, 1.165) is 16.3 Å². The highest BCUT2D eigenvalue weighted by atomic mass is 16.3. The molecule has 304 valence electrons. The minimum atomic E-state index is -1.17. The molecule has 17 nitrogen and oxygen atoms in total. The molecule has 4 amide bonds. The van der Waals surface area contributed by atoms with E-state index in [1.54, 1.807) is 26.0 Å². The Kier molecular flexibility index (Phi) is 15.8. The van der Waals surface area contributed by atoms with E-state index in [0.29, 0.717) is 24.1 Å². The average molecular weight is 784 g/mol. The van der Waals surface area contributed by atoms with Crippen molar-refractivity contribution in [1.82, 2.24) is 26.6 Å². The average Bonchev–Trinajstić information content (AvgIpc) is 3.18. The van der Waals surface area contributed by atoms with Crippen LogP contribution in [0.4, 0.5) is 0 Å². The first-order chi connectivity index (χ1) is 27.2. The van der Waals surface area contributed by atoms with Gasteiger partial charge in [0, 0.05) is 37.2 Å². The minimum Gasteiger partial charge on any atom is -0.508 e. The molecule has 0 unspecified atom stereocenters. The van der Waals surface area contributed by atoms with Crippen molar-refractivity contribution >= 4 is 52.1 Å². The number of aliphatic imine (C=N–C) groups is 2. The summed E-state index contributed by atoms with van der Waals surface area (Å²) in [6.45, 7) is 3.09. The van der Waals surface area contributed by atoms with Gasteiger partial charge in [0.2, 0.25) is 23.6 Å². The Morgan fingerprint density at radius 3 is 1.81 bits per heavy atom. The summed E-state index contributed by atoms with van der Waals surface area (Å²) in [6, 6.07) is 15.2. The molecule has 3 aromatic rings. The normalized spacial score (nSPS) is 21.3. The number of phenolic OH excluding ortho intramolecular Hbond substituents is 1. The van der Waals surface area contributed by atoms with Gasteiger partial charge in [0.1, 0.15) is 23.9 Å². The van der Waals surface area contributed by atoms with Gasteiger partial charge in [0.25, 0.3) is 0 Å². The van der Waals surface area contributed by atoms with E-state index >= 15 is 0 Å². The molecule has 0 aliphatic carbocycles. The molecule has 57 heavy (non-hydrogen) atoms. The van der Waals surface area contributed by atoms with Crippen molar-refractivity contribution in [2.45, 2.75) is 76.5 Å². The van der Waals surface area contributed by atoms with E-state index in [1.807, 2.05) is 42.5 Å². The molecule has 0 bridgehead atoms. The lowest BCUT2D eigenvalue weighted by Crippen LogP contribution is -2.57. The molecule has 1 heterocycles. The Hall–Kier alpha value is -6.65. The number of phenols is 1. The maximum atomic E-state index is 14.1. The summed E-state index contributed by atoms with van der Waals surface area (Å²) in [7, 11) is 0. The number of nitrogens with two attached hydrogens (primary N) is 4. The number of amides is 4. The van der Waals surface area contributed by atoms with Crippen LogP contribution in [0.15, 0.2) is 88.0 Å². The van der Waals surface area contributed by atoms with Crippen LogP contribution in [0.3, 0.4) is 0 Å². The van der Waals surface area contributed by atoms with Gasteiger partial charge in [0.05, 0.1) is 12.6 Å². The van der Waals surface area contributed by atoms with Gasteiger partial charge in [-0.1, -0.05) is 54.6 Å². The summed E-state index contributed by atoms with van der Waals surface area (Å²) in [5.41, 5.74) is 24.0. The Balaban J connectivity index is 1.73. The zero-order valence-corrected chi connectivity index (χ0v) is 32.2. The number of guanidine groups is 2. The third-order valence-electron chi connectivity index (χ3n) is 9.50. The predicted molar refractivity (Wildman–Crippen MR) is 218 cm³/mol. The molecule has 0 fully saturated rings. The monoisotopic (exact) mass is 783 g/mol. The molecule has 1 aliphatic rings. The second-order valence-corrected chi connectivity index (χ2v) is 13.9. The Bertz CT molecular complexity index is 2010. The number of aromatic hydroxyl groups is 1. The number of benzene rings is 3. The van der Waals surface area contributed by atoms with Crippen LogP contribution in [0.2, 0.25) is 0 Å². The lowest BCUT2D eigenvalue weighted by Gasteiger charge is -2.26. The number of carbonyl (C=O) groups is 5. The van der Waals surface area contributed by atoms with E-state index in [4.69, 9.17) is 22.9 Å². The summed E-state index contributed by atoms with van der Waals surface area (Å²) in [6.07, 6.45) is 1.08. The van der Waals surface area contributed by atoms with Crippen LogP contribution in [0.25, 0.3) is 10.8 Å². The molecule has 17 heteroatoms. The molecule has 1 aliphatic heterocycles. The maximum absolute atomic E-state index is 14.1. The molecule has 4 atom stereocenters. The standard InChI is InChI=1S/C40H53N11O6/c1-23-24(2)48-30(9-5-17-45-39(41)42)37(56)50-31(10-6-18-46-40(43)44)38(57)51-33(21-26-11-14-27-7-3-4-8-28(27)19-26)36(55)47-22-34(53)49-32(35(23)54)20-25-12-15-29(52)16-13-25/h3-4,7-8,11-16,19,30-33,48,52H,5-6,9-10,17-18,20-22H2,1-2H3,(H,47,55)(H,49,53)(H,50,56)(H,51,57)(H4,41,42,45)(H4,43,44,46)/b24-23+/t30-,31-,32+,33-/m0/s1. The van der Waals surface area contributed by atoms with Crippen molar-refractivity contribution < 1.29 is 29.1 Å². The molecular formula is C40H53N11O6. The van der Waals surface area contributed by atoms with Crippen LogP contribution >= 0.6 is 0 Å². The second-order valence-electron chi connectivity index (χ2n) is 13.9. The number of carbonyl (C=O) groups excluding carboxylic acids is 5. The van der Waals surface area contributed by atoms with Gasteiger partial charge in [-0.05, 0) is 73.6 Å². The van der Waals surface area contributed by atoms with E-state index in [9.17, 15) is 29.1 Å². The van der Waals surface area contributed by atoms with E-state index in [-0.39, 0.29) is 62.0 Å². The lowest BCUT2D eigenvalue weighted by atomic mass is 9.96. The topological polar surface area (TPSA) is 295 Å². The first-order valence-corrected chi connectivity index (χ1v) is 18.7. The van der Waals surface area contributed by atoms with Crippen molar-refractivity contribution in [3.8, 4) is 5.75 Å². The number of allylic oxidation sites excluding steroid dienone is 1. The third-order valence-corrected chi connectivity index (χ3v) is 9.50. The highest BCUT2D eigenvalue weighted by Gasteiger charge is 2.31. The highest BCUT2D eigenvalue weighted by molar-refractivity contribution is 6.02. The summed E-state index contributed by atoms with van der Waals surface area (Å²) in [4.78, 5) is 77.5. The van der Waals surface area contributed by atoms with Gasteiger partial charge >= 0.3 is 0 Å². The zero-order valence-electron chi connectivity index (χ0n) is 32.2. The van der Waals surface area contributed by atoms with Gasteiger partial charge in [-0.15, -0.1) is 0 Å². The molecule has 0 spiro atoms. The Morgan fingerprint density at radius 1 is 0.649 bits per heavy atom. The fourth-order valence-corrected chi connectivity index (χ4v) is 6.33. The number of nitrogens with zero attached hydrogens (tertiary/aromatic N) is 2. The van der Waals surface area contributed by atoms with Crippen molar-refractivity contribution in [3.63, 3.8) is 0 Å². The number of ketones is 1. The fraction of sp³-hybridized carbons (Fsp3) is 0.375. The summed E-state index contributed by atoms with van der Waals surface area (Å²) >= 11 is 0. The number of hydrogen-bond acceptors (Lipinski definition) is 9. The van der Waals surface area contributed by atoms with Gasteiger partial charge in [0.15, 0.2) is 17.7 Å². The number of nitrogens with one attached hydrogen (secondary N) is 5. The van der Waals surface area contributed by atoms with E-state index in [2.05, 4.69) is 36.6 Å². The number of hydrogen-bond donors (Lipinski definition) is 10. The second kappa shape index (κ2) is 20.9. The smallest absolute Gasteiger partial charge is 0.243 e. The largest absolute Gasteiger partial charge is 0.508 e. The highest BCUT2D eigenvalue weighted by Crippen LogP contribution is 2.18. The summed E-state index contributed by atoms with van der Waals surface area (Å²) < 4.78 is 0. The number of rotatable bonds is 12. The number of Topliss-reactive ketones (excluding diaryl/α,β-unsaturated/α-hetero) is 1. The molecule has 4 rings (SSSR count). The SMILES string of the molecule is C/C1=C(/C)C(=O)[C@@H](Cc2ccc(O)cc2)NC(=O)CNC(=O)[C@H](Cc2ccc3ccccc3c2)NC(=O)[C@H](CCCN=C(N)N)NC(=O)[C@H](CCCN=C(N)N)N1. The van der Waals surface area contributed by atoms with Crippen LogP contribution in [0, 0.1) is 0 Å². The van der Waals surface area contributed by atoms with Crippen molar-refractivity contribution in [2.75, 3.05) is 19.6 Å². The van der Waals surface area contributed by atoms with Gasteiger partial charge in [-0.25, -0.2) is 0 Å². The molecule has 0 saturated heterocycles. The lowest BCUT2D eigenvalue weighted by molar-refractivity contribution is -0.133. The number of fused-ring (bicyclic) bond motifs is 1. The summed E-state index contributed by atoms with van der Waals surface area (Å²) in [5, 5.41) is 25.9. The fourth-order valence-electron chi connectivity index (χ4n) is 6.33. The Labute approximate surface area is 331 Å². The minimum absolute atomic E-state index is 0.0346. The quantitative estimate of drug-likeness (QED) is 0.0654. The van der Waals surface area contributed by atoms with Crippen LogP contribution in [-0.4, -0.2) is 90.2 Å². The van der Waals surface area contributed by atoms with Crippen molar-refractivity contribution in [3.05, 3.63) is 89.1 Å². The summed E-state index contributed by atoms with van der Waals surface area (Å²) in [5.74, 6) is -3.16. The molecular weight excluding hydrogens is 731 g/mol. The van der Waals surface area contributed by atoms with Gasteiger partial charge < -0.3 is 54.6 Å². The van der Waals surface area contributed by atoms with Crippen molar-refractivity contribution in [2.24, 2.45) is 32.9 Å². The molecule has 3 aromatic carbocycles. The van der Waals surface area contributed by atoms with Crippen LogP contribution in [-0.2, 0) is 36.8 Å². The van der Waals surface area contributed by atoms with Gasteiger partial charge in [-0.3, -0.25) is 34.0 Å². The first kappa shape index (κ1) is 43.1. The van der Waals surface area contributed by atoms with Crippen molar-refractivity contribution in [1.29, 1.82) is 0 Å². The third kappa shape index (κ3) is 13.6.